The summed E-state index contributed by atoms with van der Waals surface area (Å²) in [7, 11) is 5.26. The number of carbonyl (C=O) groups excluding carboxylic acids is 1. The van der Waals surface area contributed by atoms with Gasteiger partial charge in [0.2, 0.25) is 12.5 Å². The van der Waals surface area contributed by atoms with Crippen LogP contribution in [0.5, 0.6) is 23.0 Å². The molecular weight excluding hydrogens is 362 g/mol. The molecule has 2 aliphatic heterocycles. The van der Waals surface area contributed by atoms with Gasteiger partial charge in [0, 0.05) is 12.1 Å². The summed E-state index contributed by atoms with van der Waals surface area (Å²) in [5.41, 5.74) is 2.71. The summed E-state index contributed by atoms with van der Waals surface area (Å²) >= 11 is 0. The molecule has 148 valence electrons. The van der Waals surface area contributed by atoms with E-state index in [0.29, 0.717) is 22.9 Å². The molecule has 0 spiro atoms. The first kappa shape index (κ1) is 18.2. The van der Waals surface area contributed by atoms with E-state index in [1.165, 1.54) is 0 Å². The van der Waals surface area contributed by atoms with Crippen molar-refractivity contribution in [3.63, 3.8) is 0 Å². The van der Waals surface area contributed by atoms with Gasteiger partial charge in [-0.05, 0) is 35.9 Å². The number of anilines is 1. The summed E-state index contributed by atoms with van der Waals surface area (Å²) in [5, 5.41) is 5.94. The van der Waals surface area contributed by atoms with Gasteiger partial charge >= 0.3 is 6.03 Å². The summed E-state index contributed by atoms with van der Waals surface area (Å²) in [6.07, 6.45) is 0.596. The van der Waals surface area contributed by atoms with E-state index in [4.69, 9.17) is 18.9 Å². The standard InChI is InChI=1S/C20H23N3O5/c1-23-9-8-12-10-15-17(28-11-27-15)18(26-3)16(12)19(23)22-20(24)21-13-4-6-14(25-2)7-5-13/h4-7,10,19H,8-9,11H2,1-3H3,(H2,21,22,24)/p+1/t19-/m1/s1. The molecule has 0 saturated heterocycles. The van der Waals surface area contributed by atoms with Crippen LogP contribution in [0.4, 0.5) is 10.5 Å². The highest BCUT2D eigenvalue weighted by atomic mass is 16.7. The van der Waals surface area contributed by atoms with Gasteiger partial charge in [0.15, 0.2) is 17.7 Å². The quantitative estimate of drug-likeness (QED) is 0.739. The number of hydrogen-bond donors (Lipinski definition) is 3. The number of rotatable bonds is 4. The predicted octanol–water partition coefficient (Wildman–Crippen LogP) is 1.32. The fraction of sp³-hybridized carbons (Fsp3) is 0.350. The van der Waals surface area contributed by atoms with E-state index in [1.54, 1.807) is 38.5 Å². The molecule has 8 heteroatoms. The molecule has 2 amide bonds. The van der Waals surface area contributed by atoms with Crippen LogP contribution in [-0.2, 0) is 6.42 Å². The molecule has 0 saturated carbocycles. The Hall–Kier alpha value is -3.13. The third kappa shape index (κ3) is 3.27. The van der Waals surface area contributed by atoms with Gasteiger partial charge in [0.1, 0.15) is 5.75 Å². The smallest absolute Gasteiger partial charge is 0.324 e. The lowest BCUT2D eigenvalue weighted by atomic mass is 9.95. The van der Waals surface area contributed by atoms with Gasteiger partial charge in [-0.1, -0.05) is 0 Å². The Balaban J connectivity index is 1.59. The van der Waals surface area contributed by atoms with Crippen LogP contribution in [0.15, 0.2) is 30.3 Å². The number of carbonyl (C=O) groups is 1. The molecule has 1 unspecified atom stereocenters. The fourth-order valence-corrected chi connectivity index (χ4v) is 3.69. The molecule has 0 aromatic heterocycles. The maximum absolute atomic E-state index is 12.7. The Morgan fingerprint density at radius 3 is 2.68 bits per heavy atom. The van der Waals surface area contributed by atoms with E-state index in [1.807, 2.05) is 13.1 Å². The van der Waals surface area contributed by atoms with Crippen molar-refractivity contribution in [2.24, 2.45) is 0 Å². The van der Waals surface area contributed by atoms with Crippen LogP contribution in [0.2, 0.25) is 0 Å². The number of urea groups is 1. The second-order valence-electron chi connectivity index (χ2n) is 6.82. The highest BCUT2D eigenvalue weighted by Crippen LogP contribution is 2.46. The monoisotopic (exact) mass is 386 g/mol. The van der Waals surface area contributed by atoms with Gasteiger partial charge in [0.25, 0.3) is 0 Å². The Morgan fingerprint density at radius 1 is 1.18 bits per heavy atom. The summed E-state index contributed by atoms with van der Waals surface area (Å²) in [4.78, 5) is 13.8. The van der Waals surface area contributed by atoms with Crippen molar-refractivity contribution in [1.29, 1.82) is 0 Å². The highest BCUT2D eigenvalue weighted by molar-refractivity contribution is 5.89. The van der Waals surface area contributed by atoms with Gasteiger partial charge in [-0.15, -0.1) is 0 Å². The van der Waals surface area contributed by atoms with Gasteiger partial charge in [-0.3, -0.25) is 5.32 Å². The average Bonchev–Trinajstić information content (AvgIpc) is 3.17. The predicted molar refractivity (Wildman–Crippen MR) is 102 cm³/mol. The van der Waals surface area contributed by atoms with Crippen molar-refractivity contribution < 1.29 is 28.6 Å². The molecule has 0 bridgehead atoms. The van der Waals surface area contributed by atoms with Gasteiger partial charge < -0.3 is 29.2 Å². The first-order valence-corrected chi connectivity index (χ1v) is 9.14. The molecule has 0 radical (unpaired) electrons. The van der Waals surface area contributed by atoms with Gasteiger partial charge in [-0.2, -0.15) is 0 Å². The number of amides is 2. The minimum Gasteiger partial charge on any atom is -0.497 e. The van der Waals surface area contributed by atoms with Crippen molar-refractivity contribution in [3.05, 3.63) is 41.5 Å². The van der Waals surface area contributed by atoms with Crippen LogP contribution >= 0.6 is 0 Å². The summed E-state index contributed by atoms with van der Waals surface area (Å²) in [6, 6.07) is 8.88. The molecule has 8 nitrogen and oxygen atoms in total. The van der Waals surface area contributed by atoms with Crippen LogP contribution in [0.3, 0.4) is 0 Å². The summed E-state index contributed by atoms with van der Waals surface area (Å²) in [6.45, 7) is 1.05. The first-order chi connectivity index (χ1) is 13.6. The molecular formula is C20H24N3O5+. The Bertz CT molecular complexity index is 884. The van der Waals surface area contributed by atoms with Crippen molar-refractivity contribution in [3.8, 4) is 23.0 Å². The highest BCUT2D eigenvalue weighted by Gasteiger charge is 2.37. The number of fused-ring (bicyclic) bond motifs is 2. The molecule has 4 rings (SSSR count). The van der Waals surface area contributed by atoms with E-state index in [9.17, 15) is 4.79 Å². The molecule has 3 N–H and O–H groups in total. The topological polar surface area (TPSA) is 82.5 Å². The van der Waals surface area contributed by atoms with Crippen LogP contribution in [-0.4, -0.2) is 40.6 Å². The summed E-state index contributed by atoms with van der Waals surface area (Å²) < 4.78 is 21.9. The Kier molecular flexibility index (Phi) is 4.87. The van der Waals surface area contributed by atoms with E-state index < -0.39 is 0 Å². The molecule has 2 aliphatic rings. The minimum absolute atomic E-state index is 0.174. The maximum atomic E-state index is 12.7. The SMILES string of the molecule is COc1ccc(NC(=O)N[C@H]2c3c(cc4c(c3OC)OCO4)CC[NH+]2C)cc1. The lowest BCUT2D eigenvalue weighted by Gasteiger charge is -2.33. The van der Waals surface area contributed by atoms with Gasteiger partial charge in [-0.25, -0.2) is 4.79 Å². The zero-order valence-electron chi connectivity index (χ0n) is 16.1. The number of methoxy groups -OCH3 is 2. The van der Waals surface area contributed by atoms with E-state index >= 15 is 0 Å². The zero-order valence-corrected chi connectivity index (χ0v) is 16.1. The van der Waals surface area contributed by atoms with Crippen LogP contribution in [0, 0.1) is 0 Å². The average molecular weight is 386 g/mol. The largest absolute Gasteiger partial charge is 0.497 e. The van der Waals surface area contributed by atoms with E-state index in [-0.39, 0.29) is 19.0 Å². The lowest BCUT2D eigenvalue weighted by Crippen LogP contribution is -3.12. The molecule has 0 fully saturated rings. The molecule has 2 heterocycles. The second-order valence-corrected chi connectivity index (χ2v) is 6.82. The van der Waals surface area contributed by atoms with Crippen LogP contribution in [0.1, 0.15) is 17.3 Å². The van der Waals surface area contributed by atoms with Crippen molar-refractivity contribution in [2.75, 3.05) is 39.9 Å². The molecule has 0 aliphatic carbocycles. The van der Waals surface area contributed by atoms with E-state index in [0.717, 1.165) is 34.7 Å². The maximum Gasteiger partial charge on any atom is 0.324 e. The number of likely N-dealkylation sites (N-methyl/N-ethyl adjacent to an activating group) is 1. The number of ether oxygens (including phenoxy) is 4. The lowest BCUT2D eigenvalue weighted by molar-refractivity contribution is -0.917. The van der Waals surface area contributed by atoms with Crippen LogP contribution < -0.4 is 34.5 Å². The Labute approximate surface area is 163 Å². The Morgan fingerprint density at radius 2 is 1.96 bits per heavy atom. The fourth-order valence-electron chi connectivity index (χ4n) is 3.69. The van der Waals surface area contributed by atoms with Crippen molar-refractivity contribution in [2.45, 2.75) is 12.6 Å². The third-order valence-electron chi connectivity index (χ3n) is 5.14. The second kappa shape index (κ2) is 7.47. The number of quaternary nitrogens is 1. The third-order valence-corrected chi connectivity index (χ3v) is 5.14. The summed E-state index contributed by atoms with van der Waals surface area (Å²) in [5.74, 6) is 2.64. The molecule has 2 aromatic carbocycles. The zero-order chi connectivity index (χ0) is 19.7. The molecule has 28 heavy (non-hydrogen) atoms. The van der Waals surface area contributed by atoms with Crippen molar-refractivity contribution in [1.82, 2.24) is 5.32 Å². The van der Waals surface area contributed by atoms with Crippen LogP contribution in [0.25, 0.3) is 0 Å². The first-order valence-electron chi connectivity index (χ1n) is 9.14. The van der Waals surface area contributed by atoms with Gasteiger partial charge in [0.05, 0.1) is 33.4 Å². The number of benzene rings is 2. The van der Waals surface area contributed by atoms with E-state index in [2.05, 4.69) is 10.6 Å². The van der Waals surface area contributed by atoms with Crippen molar-refractivity contribution >= 4 is 11.7 Å². The number of hydrogen-bond acceptors (Lipinski definition) is 5. The molecule has 2 atom stereocenters. The normalized spacial score (nSPS) is 19.5. The molecule has 2 aromatic rings. The number of nitrogens with one attached hydrogen (secondary N) is 3. The minimum atomic E-state index is -0.290.